The molecule has 116 valence electrons. The fourth-order valence-electron chi connectivity index (χ4n) is 2.66. The lowest BCUT2D eigenvalue weighted by molar-refractivity contribution is -0.132. The minimum absolute atomic E-state index is 0.0753. The molecular formula is C18H16N2O3. The number of anilines is 1. The molecule has 0 bridgehead atoms. The highest BCUT2D eigenvalue weighted by Crippen LogP contribution is 2.40. The van der Waals surface area contributed by atoms with Crippen molar-refractivity contribution in [1.82, 2.24) is 0 Å². The number of fused-ring (bicyclic) bond motifs is 1. The van der Waals surface area contributed by atoms with Crippen molar-refractivity contribution in [2.24, 2.45) is 0 Å². The fourth-order valence-corrected chi connectivity index (χ4v) is 2.66. The number of phenolic OH excluding ortho intramolecular Hbond substituents is 1. The Balaban J connectivity index is 2.07. The van der Waals surface area contributed by atoms with E-state index in [9.17, 15) is 15.2 Å². The Morgan fingerprint density at radius 2 is 2.00 bits per heavy atom. The Morgan fingerprint density at radius 3 is 2.74 bits per heavy atom. The summed E-state index contributed by atoms with van der Waals surface area (Å²) in [7, 11) is 0. The summed E-state index contributed by atoms with van der Waals surface area (Å²) in [6.45, 7) is 3.64. The molecule has 0 fully saturated rings. The van der Waals surface area contributed by atoms with E-state index >= 15 is 0 Å². The monoisotopic (exact) mass is 308 g/mol. The Morgan fingerprint density at radius 1 is 1.26 bits per heavy atom. The second kappa shape index (κ2) is 5.33. The van der Waals surface area contributed by atoms with E-state index < -0.39 is 5.60 Å². The number of aromatic hydroxyl groups is 1. The minimum Gasteiger partial charge on any atom is -0.508 e. The van der Waals surface area contributed by atoms with Gasteiger partial charge in [0.1, 0.15) is 11.5 Å². The maximum absolute atomic E-state index is 12.8. The number of phenols is 1. The summed E-state index contributed by atoms with van der Waals surface area (Å²) in [4.78, 5) is 14.3. The maximum atomic E-state index is 12.8. The Bertz CT molecular complexity index is 821. The molecule has 5 nitrogen and oxygen atoms in total. The van der Waals surface area contributed by atoms with Crippen molar-refractivity contribution in [2.75, 3.05) is 4.90 Å². The van der Waals surface area contributed by atoms with E-state index in [4.69, 9.17) is 4.74 Å². The van der Waals surface area contributed by atoms with E-state index in [2.05, 4.69) is 6.07 Å². The summed E-state index contributed by atoms with van der Waals surface area (Å²) in [5, 5.41) is 18.9. The SMILES string of the molecule is CC1(C)Oc2cc(O)ccc2N(Cc2ccccc2C#N)C1=O. The van der Waals surface area contributed by atoms with Crippen LogP contribution >= 0.6 is 0 Å². The van der Waals surface area contributed by atoms with Gasteiger partial charge >= 0.3 is 0 Å². The third-order valence-electron chi connectivity index (χ3n) is 3.83. The number of carbonyl (C=O) groups excluding carboxylic acids is 1. The van der Waals surface area contributed by atoms with Crippen molar-refractivity contribution in [3.05, 3.63) is 53.6 Å². The van der Waals surface area contributed by atoms with Crippen LogP contribution in [0.2, 0.25) is 0 Å². The van der Waals surface area contributed by atoms with Gasteiger partial charge in [-0.1, -0.05) is 18.2 Å². The van der Waals surface area contributed by atoms with Crippen LogP contribution in [-0.4, -0.2) is 16.6 Å². The number of hydrogen-bond donors (Lipinski definition) is 1. The second-order valence-electron chi connectivity index (χ2n) is 5.92. The van der Waals surface area contributed by atoms with Crippen molar-refractivity contribution >= 4 is 11.6 Å². The van der Waals surface area contributed by atoms with Gasteiger partial charge in [-0.15, -0.1) is 0 Å². The van der Waals surface area contributed by atoms with Gasteiger partial charge in [-0.25, -0.2) is 0 Å². The molecule has 0 unspecified atom stereocenters. The molecule has 0 spiro atoms. The van der Waals surface area contributed by atoms with Gasteiger partial charge in [-0.2, -0.15) is 5.26 Å². The molecule has 0 saturated carbocycles. The summed E-state index contributed by atoms with van der Waals surface area (Å²) in [5.41, 5.74) is 0.840. The van der Waals surface area contributed by atoms with Gasteiger partial charge < -0.3 is 14.7 Å². The lowest BCUT2D eigenvalue weighted by Crippen LogP contribution is -2.52. The molecule has 1 heterocycles. The van der Waals surface area contributed by atoms with Crippen molar-refractivity contribution in [3.8, 4) is 17.6 Å². The summed E-state index contributed by atoms with van der Waals surface area (Å²) in [5.74, 6) is 0.332. The number of rotatable bonds is 2. The summed E-state index contributed by atoms with van der Waals surface area (Å²) < 4.78 is 5.72. The highest BCUT2D eigenvalue weighted by atomic mass is 16.5. The molecule has 0 radical (unpaired) electrons. The van der Waals surface area contributed by atoms with Crippen molar-refractivity contribution in [2.45, 2.75) is 26.0 Å². The highest BCUT2D eigenvalue weighted by Gasteiger charge is 2.41. The topological polar surface area (TPSA) is 73.6 Å². The fraction of sp³-hybridized carbons (Fsp3) is 0.222. The van der Waals surface area contributed by atoms with Crippen molar-refractivity contribution < 1.29 is 14.6 Å². The van der Waals surface area contributed by atoms with Crippen LogP contribution in [0, 0.1) is 11.3 Å². The van der Waals surface area contributed by atoms with E-state index in [0.29, 0.717) is 17.0 Å². The van der Waals surface area contributed by atoms with Crippen LogP contribution in [0.1, 0.15) is 25.0 Å². The number of ether oxygens (including phenoxy) is 1. The molecular weight excluding hydrogens is 292 g/mol. The molecule has 23 heavy (non-hydrogen) atoms. The summed E-state index contributed by atoms with van der Waals surface area (Å²) in [6, 6.07) is 14.0. The average Bonchev–Trinajstić information content (AvgIpc) is 2.51. The van der Waals surface area contributed by atoms with Gasteiger partial charge in [0.25, 0.3) is 5.91 Å². The molecule has 2 aromatic rings. The molecule has 2 aromatic carbocycles. The van der Waals surface area contributed by atoms with Gasteiger partial charge in [-0.3, -0.25) is 4.79 Å². The molecule has 1 aliphatic rings. The maximum Gasteiger partial charge on any atom is 0.271 e. The lowest BCUT2D eigenvalue weighted by atomic mass is 10.0. The number of benzene rings is 2. The molecule has 5 heteroatoms. The second-order valence-corrected chi connectivity index (χ2v) is 5.92. The van der Waals surface area contributed by atoms with Crippen molar-refractivity contribution in [3.63, 3.8) is 0 Å². The molecule has 1 amide bonds. The molecule has 0 aromatic heterocycles. The highest BCUT2D eigenvalue weighted by molar-refractivity contribution is 6.02. The molecule has 1 N–H and O–H groups in total. The van der Waals surface area contributed by atoms with E-state index in [1.54, 1.807) is 36.9 Å². The Hall–Kier alpha value is -3.00. The quantitative estimate of drug-likeness (QED) is 0.925. The van der Waals surface area contributed by atoms with E-state index in [1.165, 1.54) is 12.1 Å². The zero-order valence-corrected chi connectivity index (χ0v) is 12.9. The van der Waals surface area contributed by atoms with Crippen LogP contribution < -0.4 is 9.64 Å². The van der Waals surface area contributed by atoms with Gasteiger partial charge in [0.15, 0.2) is 5.60 Å². The van der Waals surface area contributed by atoms with Crippen LogP contribution in [-0.2, 0) is 11.3 Å². The predicted octanol–water partition coefficient (Wildman–Crippen LogP) is 2.97. The minimum atomic E-state index is -1.04. The third kappa shape index (κ3) is 2.59. The number of nitrogens with zero attached hydrogens (tertiary/aromatic N) is 2. The van der Waals surface area contributed by atoms with Crippen LogP contribution in [0.3, 0.4) is 0 Å². The zero-order valence-electron chi connectivity index (χ0n) is 12.9. The molecule has 0 aliphatic carbocycles. The first-order valence-electron chi connectivity index (χ1n) is 7.24. The smallest absolute Gasteiger partial charge is 0.271 e. The number of carbonyl (C=O) groups is 1. The van der Waals surface area contributed by atoms with E-state index in [-0.39, 0.29) is 18.2 Å². The van der Waals surface area contributed by atoms with Gasteiger partial charge in [-0.05, 0) is 37.6 Å². The molecule has 0 atom stereocenters. The Labute approximate surface area is 134 Å². The molecule has 1 aliphatic heterocycles. The summed E-state index contributed by atoms with van der Waals surface area (Å²) in [6.07, 6.45) is 0. The number of nitriles is 1. The largest absolute Gasteiger partial charge is 0.508 e. The van der Waals surface area contributed by atoms with Gasteiger partial charge in [0.05, 0.1) is 23.9 Å². The van der Waals surface area contributed by atoms with Gasteiger partial charge in [0.2, 0.25) is 0 Å². The van der Waals surface area contributed by atoms with E-state index in [1.807, 2.05) is 12.1 Å². The summed E-state index contributed by atoms with van der Waals surface area (Å²) >= 11 is 0. The van der Waals surface area contributed by atoms with Crippen LogP contribution in [0.5, 0.6) is 11.5 Å². The van der Waals surface area contributed by atoms with Gasteiger partial charge in [0, 0.05) is 6.07 Å². The first-order chi connectivity index (χ1) is 10.9. The zero-order chi connectivity index (χ0) is 16.6. The standard InChI is InChI=1S/C18H16N2O3/c1-18(2)17(22)20(11-13-6-4-3-5-12(13)10-19)15-8-7-14(21)9-16(15)23-18/h3-9,21H,11H2,1-2H3. The predicted molar refractivity (Wildman–Crippen MR) is 85.2 cm³/mol. The van der Waals surface area contributed by atoms with Crippen LogP contribution in [0.15, 0.2) is 42.5 Å². The van der Waals surface area contributed by atoms with Crippen LogP contribution in [0.25, 0.3) is 0 Å². The van der Waals surface area contributed by atoms with Crippen LogP contribution in [0.4, 0.5) is 5.69 Å². The number of hydrogen-bond acceptors (Lipinski definition) is 4. The number of amides is 1. The first-order valence-corrected chi connectivity index (χ1v) is 7.24. The lowest BCUT2D eigenvalue weighted by Gasteiger charge is -2.39. The van der Waals surface area contributed by atoms with E-state index in [0.717, 1.165) is 5.56 Å². The Kier molecular flexibility index (Phi) is 3.45. The third-order valence-corrected chi connectivity index (χ3v) is 3.83. The molecule has 0 saturated heterocycles. The van der Waals surface area contributed by atoms with Crippen molar-refractivity contribution in [1.29, 1.82) is 5.26 Å². The average molecular weight is 308 g/mol. The normalized spacial score (nSPS) is 15.5. The molecule has 3 rings (SSSR count). The first kappa shape index (κ1) is 14.9.